The van der Waals surface area contributed by atoms with Gasteiger partial charge in [0.25, 0.3) is 0 Å². The number of carbonyl (C=O) groups is 1. The molecule has 0 spiro atoms. The average Bonchev–Trinajstić information content (AvgIpc) is 2.14. The lowest BCUT2D eigenvalue weighted by atomic mass is 9.91. The lowest BCUT2D eigenvalue weighted by Gasteiger charge is -2.39. The number of ether oxygens (including phenoxy) is 2. The van der Waals surface area contributed by atoms with Crippen LogP contribution in [0.25, 0.3) is 0 Å². The molecule has 0 aromatic rings. The van der Waals surface area contributed by atoms with Crippen molar-refractivity contribution >= 4 is 5.97 Å². The average molecular weight is 229 g/mol. The van der Waals surface area contributed by atoms with Crippen molar-refractivity contribution in [3.8, 4) is 0 Å². The van der Waals surface area contributed by atoms with Gasteiger partial charge in [-0.3, -0.25) is 10.1 Å². The van der Waals surface area contributed by atoms with E-state index in [1.807, 2.05) is 13.8 Å². The SMILES string of the molecule is COC(=O)C(C)(C)NC1CCOC(C)(C)C1. The zero-order valence-electron chi connectivity index (χ0n) is 10.9. The van der Waals surface area contributed by atoms with Crippen molar-refractivity contribution in [2.24, 2.45) is 0 Å². The highest BCUT2D eigenvalue weighted by Gasteiger charge is 2.35. The number of carbonyl (C=O) groups excluding carboxylic acids is 1. The lowest BCUT2D eigenvalue weighted by Crippen LogP contribution is -2.55. The number of rotatable bonds is 3. The molecule has 0 saturated carbocycles. The first-order chi connectivity index (χ1) is 7.27. The summed E-state index contributed by atoms with van der Waals surface area (Å²) in [5.74, 6) is -0.225. The number of methoxy groups -OCH3 is 1. The fourth-order valence-corrected chi connectivity index (χ4v) is 2.18. The van der Waals surface area contributed by atoms with Crippen molar-refractivity contribution < 1.29 is 14.3 Å². The monoisotopic (exact) mass is 229 g/mol. The first kappa shape index (κ1) is 13.5. The van der Waals surface area contributed by atoms with Gasteiger partial charge >= 0.3 is 5.97 Å². The van der Waals surface area contributed by atoms with Gasteiger partial charge in [-0.15, -0.1) is 0 Å². The predicted molar refractivity (Wildman–Crippen MR) is 62.3 cm³/mol. The van der Waals surface area contributed by atoms with Gasteiger partial charge in [0.05, 0.1) is 12.7 Å². The topological polar surface area (TPSA) is 47.6 Å². The Labute approximate surface area is 97.7 Å². The van der Waals surface area contributed by atoms with Crippen LogP contribution in [0.3, 0.4) is 0 Å². The minimum atomic E-state index is -0.632. The summed E-state index contributed by atoms with van der Waals surface area (Å²) in [5.41, 5.74) is -0.741. The van der Waals surface area contributed by atoms with Crippen molar-refractivity contribution in [2.75, 3.05) is 13.7 Å². The van der Waals surface area contributed by atoms with Crippen LogP contribution in [0.1, 0.15) is 40.5 Å². The molecule has 1 aliphatic heterocycles. The molecule has 1 atom stereocenters. The summed E-state index contributed by atoms with van der Waals surface area (Å²) in [5, 5.41) is 3.35. The van der Waals surface area contributed by atoms with Gasteiger partial charge in [0.15, 0.2) is 0 Å². The highest BCUT2D eigenvalue weighted by atomic mass is 16.5. The molecular weight excluding hydrogens is 206 g/mol. The maximum Gasteiger partial charge on any atom is 0.325 e. The van der Waals surface area contributed by atoms with E-state index in [-0.39, 0.29) is 11.6 Å². The van der Waals surface area contributed by atoms with Crippen LogP contribution in [-0.2, 0) is 14.3 Å². The maximum atomic E-state index is 11.6. The van der Waals surface area contributed by atoms with Crippen LogP contribution in [0.15, 0.2) is 0 Å². The molecule has 0 bridgehead atoms. The molecule has 1 aliphatic rings. The van der Waals surface area contributed by atoms with Crippen molar-refractivity contribution in [2.45, 2.75) is 57.7 Å². The smallest absolute Gasteiger partial charge is 0.325 e. The first-order valence-corrected chi connectivity index (χ1v) is 5.77. The Bertz CT molecular complexity index is 261. The summed E-state index contributed by atoms with van der Waals surface area (Å²) < 4.78 is 10.4. The third-order valence-corrected chi connectivity index (χ3v) is 2.96. The molecule has 16 heavy (non-hydrogen) atoms. The zero-order valence-corrected chi connectivity index (χ0v) is 10.9. The van der Waals surface area contributed by atoms with E-state index >= 15 is 0 Å². The van der Waals surface area contributed by atoms with E-state index in [9.17, 15) is 4.79 Å². The Morgan fingerprint density at radius 1 is 1.50 bits per heavy atom. The fraction of sp³-hybridized carbons (Fsp3) is 0.917. The van der Waals surface area contributed by atoms with E-state index in [2.05, 4.69) is 19.2 Å². The van der Waals surface area contributed by atoms with Crippen LogP contribution >= 0.6 is 0 Å². The molecule has 0 amide bonds. The van der Waals surface area contributed by atoms with Gasteiger partial charge in [0, 0.05) is 12.6 Å². The summed E-state index contributed by atoms with van der Waals surface area (Å²) in [7, 11) is 1.42. The Kier molecular flexibility index (Phi) is 3.97. The highest BCUT2D eigenvalue weighted by molar-refractivity contribution is 5.79. The largest absolute Gasteiger partial charge is 0.468 e. The second-order valence-electron chi connectivity index (χ2n) is 5.56. The van der Waals surface area contributed by atoms with Crippen LogP contribution in [-0.4, -0.2) is 36.9 Å². The normalized spacial score (nSPS) is 25.2. The summed E-state index contributed by atoms with van der Waals surface area (Å²) in [4.78, 5) is 11.6. The predicted octanol–water partition coefficient (Wildman–Crippen LogP) is 1.49. The molecule has 0 radical (unpaired) electrons. The molecule has 1 N–H and O–H groups in total. The maximum absolute atomic E-state index is 11.6. The lowest BCUT2D eigenvalue weighted by molar-refractivity contribution is -0.148. The molecule has 1 fully saturated rings. The van der Waals surface area contributed by atoms with Gasteiger partial charge in [0.2, 0.25) is 0 Å². The highest BCUT2D eigenvalue weighted by Crippen LogP contribution is 2.25. The second kappa shape index (κ2) is 4.72. The molecule has 1 unspecified atom stereocenters. The molecular formula is C12H23NO3. The summed E-state index contributed by atoms with van der Waals surface area (Å²) in [6, 6.07) is 0.304. The van der Waals surface area contributed by atoms with E-state index in [0.29, 0.717) is 6.04 Å². The van der Waals surface area contributed by atoms with Crippen molar-refractivity contribution in [1.82, 2.24) is 5.32 Å². The molecule has 1 saturated heterocycles. The number of hydrogen-bond acceptors (Lipinski definition) is 4. The number of nitrogens with one attached hydrogen (secondary N) is 1. The summed E-state index contributed by atoms with van der Waals surface area (Å²) >= 11 is 0. The van der Waals surface area contributed by atoms with Gasteiger partial charge in [0.1, 0.15) is 5.54 Å². The van der Waals surface area contributed by atoms with Crippen LogP contribution in [0.5, 0.6) is 0 Å². The molecule has 1 rings (SSSR count). The van der Waals surface area contributed by atoms with Crippen LogP contribution in [0, 0.1) is 0 Å². The van der Waals surface area contributed by atoms with E-state index in [1.54, 1.807) is 0 Å². The molecule has 1 heterocycles. The van der Waals surface area contributed by atoms with Crippen LogP contribution < -0.4 is 5.32 Å². The quantitative estimate of drug-likeness (QED) is 0.745. The van der Waals surface area contributed by atoms with Gasteiger partial charge in [-0.25, -0.2) is 0 Å². The first-order valence-electron chi connectivity index (χ1n) is 5.77. The summed E-state index contributed by atoms with van der Waals surface area (Å²) in [6.07, 6.45) is 1.84. The molecule has 0 aromatic heterocycles. The van der Waals surface area contributed by atoms with E-state index in [4.69, 9.17) is 9.47 Å². The Balaban J connectivity index is 2.57. The fourth-order valence-electron chi connectivity index (χ4n) is 2.18. The molecule has 0 aromatic carbocycles. The third-order valence-electron chi connectivity index (χ3n) is 2.96. The summed E-state index contributed by atoms with van der Waals surface area (Å²) in [6.45, 7) is 8.59. The Hall–Kier alpha value is -0.610. The Morgan fingerprint density at radius 3 is 2.62 bits per heavy atom. The third kappa shape index (κ3) is 3.46. The molecule has 4 heteroatoms. The van der Waals surface area contributed by atoms with Crippen LogP contribution in [0.4, 0.5) is 0 Å². The molecule has 0 aliphatic carbocycles. The van der Waals surface area contributed by atoms with Gasteiger partial charge in [-0.2, -0.15) is 0 Å². The second-order valence-corrected chi connectivity index (χ2v) is 5.56. The minimum Gasteiger partial charge on any atom is -0.468 e. The van der Waals surface area contributed by atoms with Gasteiger partial charge in [-0.05, 0) is 40.5 Å². The van der Waals surface area contributed by atoms with E-state index < -0.39 is 5.54 Å². The van der Waals surface area contributed by atoms with Gasteiger partial charge in [-0.1, -0.05) is 0 Å². The molecule has 94 valence electrons. The Morgan fingerprint density at radius 2 is 2.12 bits per heavy atom. The van der Waals surface area contributed by atoms with Crippen molar-refractivity contribution in [1.29, 1.82) is 0 Å². The number of esters is 1. The van der Waals surface area contributed by atoms with Crippen LogP contribution in [0.2, 0.25) is 0 Å². The standard InChI is InChI=1S/C12H23NO3/c1-11(2)8-9(6-7-16-11)13-12(3,4)10(14)15-5/h9,13H,6-8H2,1-5H3. The van der Waals surface area contributed by atoms with Crippen molar-refractivity contribution in [3.63, 3.8) is 0 Å². The zero-order chi connectivity index (χ0) is 12.4. The number of hydrogen-bond donors (Lipinski definition) is 1. The minimum absolute atomic E-state index is 0.109. The van der Waals surface area contributed by atoms with E-state index in [0.717, 1.165) is 19.4 Å². The van der Waals surface area contributed by atoms with Crippen molar-refractivity contribution in [3.05, 3.63) is 0 Å². The van der Waals surface area contributed by atoms with Gasteiger partial charge < -0.3 is 9.47 Å². The molecule has 4 nitrogen and oxygen atoms in total. The van der Waals surface area contributed by atoms with E-state index in [1.165, 1.54) is 7.11 Å².